The number of nitrogens with one attached hydrogen (secondary N) is 1. The van der Waals surface area contributed by atoms with Crippen molar-refractivity contribution in [1.82, 2.24) is 24.7 Å². The zero-order valence-electron chi connectivity index (χ0n) is 18.0. The third-order valence-electron chi connectivity index (χ3n) is 6.38. The fraction of sp³-hybridized carbons (Fsp3) is 0.455. The summed E-state index contributed by atoms with van der Waals surface area (Å²) in [6.45, 7) is 3.33. The number of rotatable bonds is 4. The lowest BCUT2D eigenvalue weighted by Crippen LogP contribution is -2.36. The number of anilines is 2. The van der Waals surface area contributed by atoms with Crippen LogP contribution >= 0.6 is 0 Å². The topological polar surface area (TPSA) is 98.1 Å². The standard InChI is InChI=1S/C22H24FN7O2S/c23-15-3-1-14(2-4-15)21-28-27-18-13-29(8-9-30(18)21)22-25-17-7-12-33(31)19(17)20(26-22)24-16-5-10-32-11-6-16/h1-4,16H,5-13H2,(H,24,25,26)/t33-/m1/s1. The highest BCUT2D eigenvalue weighted by Gasteiger charge is 2.30. The highest BCUT2D eigenvalue weighted by Crippen LogP contribution is 2.32. The van der Waals surface area contributed by atoms with Crippen molar-refractivity contribution in [2.75, 3.05) is 35.7 Å². The average molecular weight is 470 g/mol. The smallest absolute Gasteiger partial charge is 0.228 e. The summed E-state index contributed by atoms with van der Waals surface area (Å²) in [5.41, 5.74) is 1.70. The van der Waals surface area contributed by atoms with Crippen molar-refractivity contribution in [1.29, 1.82) is 0 Å². The van der Waals surface area contributed by atoms with Crippen molar-refractivity contribution >= 4 is 22.6 Å². The van der Waals surface area contributed by atoms with Gasteiger partial charge in [-0.1, -0.05) is 0 Å². The van der Waals surface area contributed by atoms with Crippen LogP contribution in [0.1, 0.15) is 24.4 Å². The first-order chi connectivity index (χ1) is 16.2. The van der Waals surface area contributed by atoms with Gasteiger partial charge < -0.3 is 19.5 Å². The molecule has 1 atom stereocenters. The van der Waals surface area contributed by atoms with E-state index in [0.29, 0.717) is 43.6 Å². The number of halogens is 1. The van der Waals surface area contributed by atoms with Crippen LogP contribution in [0.25, 0.3) is 11.4 Å². The summed E-state index contributed by atoms with van der Waals surface area (Å²) in [7, 11) is -1.07. The van der Waals surface area contributed by atoms with E-state index >= 15 is 0 Å². The van der Waals surface area contributed by atoms with Crippen molar-refractivity contribution in [2.24, 2.45) is 0 Å². The minimum atomic E-state index is -1.07. The van der Waals surface area contributed by atoms with Crippen molar-refractivity contribution in [3.63, 3.8) is 0 Å². The van der Waals surface area contributed by atoms with Crippen LogP contribution in [-0.4, -0.2) is 60.5 Å². The number of aryl methyl sites for hydroxylation is 1. The first-order valence-corrected chi connectivity index (χ1v) is 12.5. The first-order valence-electron chi connectivity index (χ1n) is 11.2. The highest BCUT2D eigenvalue weighted by atomic mass is 32.2. The molecule has 9 nitrogen and oxygen atoms in total. The van der Waals surface area contributed by atoms with E-state index in [0.717, 1.165) is 53.9 Å². The summed E-state index contributed by atoms with van der Waals surface area (Å²) < 4.78 is 33.5. The fourth-order valence-corrected chi connectivity index (χ4v) is 5.91. The van der Waals surface area contributed by atoms with E-state index in [1.54, 1.807) is 12.1 Å². The second kappa shape index (κ2) is 8.45. The molecule has 0 aliphatic carbocycles. The largest absolute Gasteiger partial charge is 0.381 e. The highest BCUT2D eigenvalue weighted by molar-refractivity contribution is 7.85. The SMILES string of the molecule is O=[S@@]1CCc2nc(N3CCn4c(nnc4-c4ccc(F)cc4)C3)nc(NC3CCOCC3)c21. The van der Waals surface area contributed by atoms with Gasteiger partial charge in [0.1, 0.15) is 16.5 Å². The van der Waals surface area contributed by atoms with E-state index in [1.165, 1.54) is 12.1 Å². The maximum absolute atomic E-state index is 13.3. The molecule has 6 rings (SSSR count). The number of aromatic nitrogens is 5. The van der Waals surface area contributed by atoms with Crippen LogP contribution in [-0.2, 0) is 35.0 Å². The average Bonchev–Trinajstić information content (AvgIpc) is 3.43. The van der Waals surface area contributed by atoms with E-state index in [2.05, 4.69) is 25.0 Å². The number of hydrogen-bond donors (Lipinski definition) is 1. The maximum atomic E-state index is 13.3. The van der Waals surface area contributed by atoms with Crippen LogP contribution < -0.4 is 10.2 Å². The number of nitrogens with zero attached hydrogens (tertiary/aromatic N) is 6. The Kier molecular flexibility index (Phi) is 5.30. The molecule has 0 amide bonds. The van der Waals surface area contributed by atoms with Gasteiger partial charge in [-0.25, -0.2) is 9.37 Å². The van der Waals surface area contributed by atoms with Gasteiger partial charge >= 0.3 is 0 Å². The number of ether oxygens (including phenoxy) is 1. The molecule has 3 aliphatic heterocycles. The zero-order valence-corrected chi connectivity index (χ0v) is 18.9. The summed E-state index contributed by atoms with van der Waals surface area (Å²) >= 11 is 0. The molecular weight excluding hydrogens is 445 g/mol. The molecule has 0 unspecified atom stereocenters. The Morgan fingerprint density at radius 1 is 1.09 bits per heavy atom. The molecule has 0 radical (unpaired) electrons. The van der Waals surface area contributed by atoms with Gasteiger partial charge in [0, 0.05) is 50.1 Å². The van der Waals surface area contributed by atoms with Gasteiger partial charge in [-0.05, 0) is 37.1 Å². The van der Waals surface area contributed by atoms with Crippen molar-refractivity contribution in [2.45, 2.75) is 43.3 Å². The molecule has 5 heterocycles. The molecule has 3 aromatic rings. The number of hydrogen-bond acceptors (Lipinski definition) is 8. The van der Waals surface area contributed by atoms with Gasteiger partial charge in [-0.3, -0.25) is 4.21 Å². The van der Waals surface area contributed by atoms with Crippen molar-refractivity contribution < 1.29 is 13.3 Å². The van der Waals surface area contributed by atoms with Crippen molar-refractivity contribution in [3.8, 4) is 11.4 Å². The molecule has 0 saturated carbocycles. The van der Waals surface area contributed by atoms with Crippen molar-refractivity contribution in [3.05, 3.63) is 41.6 Å². The Morgan fingerprint density at radius 3 is 2.73 bits per heavy atom. The third-order valence-corrected chi connectivity index (χ3v) is 7.84. The van der Waals surface area contributed by atoms with Gasteiger partial charge in [0.15, 0.2) is 11.6 Å². The molecule has 11 heteroatoms. The predicted molar refractivity (Wildman–Crippen MR) is 121 cm³/mol. The normalized spacial score (nSPS) is 20.5. The van der Waals surface area contributed by atoms with Gasteiger partial charge in [0.05, 0.1) is 23.0 Å². The molecular formula is C22H24FN7O2S. The fourth-order valence-electron chi connectivity index (χ4n) is 4.60. The second-order valence-corrected chi connectivity index (χ2v) is 10.0. The molecule has 3 aliphatic rings. The number of fused-ring (bicyclic) bond motifs is 2. The summed E-state index contributed by atoms with van der Waals surface area (Å²) in [6.07, 6.45) is 2.50. The van der Waals surface area contributed by atoms with E-state index in [9.17, 15) is 8.60 Å². The molecule has 0 bridgehead atoms. The maximum Gasteiger partial charge on any atom is 0.228 e. The summed E-state index contributed by atoms with van der Waals surface area (Å²) in [5, 5.41) is 12.2. The van der Waals surface area contributed by atoms with Crippen LogP contribution in [0.15, 0.2) is 29.2 Å². The molecule has 172 valence electrons. The zero-order chi connectivity index (χ0) is 22.4. The van der Waals surface area contributed by atoms with Crippen LogP contribution in [0.2, 0.25) is 0 Å². The first kappa shape index (κ1) is 20.7. The Balaban J connectivity index is 1.29. The molecule has 0 spiro atoms. The summed E-state index contributed by atoms with van der Waals surface area (Å²) in [6, 6.07) is 6.56. The molecule has 1 saturated heterocycles. The van der Waals surface area contributed by atoms with Gasteiger partial charge in [0.25, 0.3) is 0 Å². The van der Waals surface area contributed by atoms with Crippen LogP contribution in [0.4, 0.5) is 16.2 Å². The molecule has 1 fully saturated rings. The monoisotopic (exact) mass is 469 g/mol. The van der Waals surface area contributed by atoms with E-state index < -0.39 is 10.8 Å². The summed E-state index contributed by atoms with van der Waals surface area (Å²) in [4.78, 5) is 12.5. The predicted octanol–water partition coefficient (Wildman–Crippen LogP) is 2.15. The minimum absolute atomic E-state index is 0.255. The Morgan fingerprint density at radius 2 is 1.91 bits per heavy atom. The molecule has 1 aromatic carbocycles. The van der Waals surface area contributed by atoms with Crippen LogP contribution in [0.3, 0.4) is 0 Å². The molecule has 2 aromatic heterocycles. The minimum Gasteiger partial charge on any atom is -0.381 e. The Hall–Kier alpha value is -2.92. The summed E-state index contributed by atoms with van der Waals surface area (Å²) in [5.74, 6) is 3.18. The van der Waals surface area contributed by atoms with Gasteiger partial charge in [-0.15, -0.1) is 10.2 Å². The third kappa shape index (κ3) is 3.89. The molecule has 33 heavy (non-hydrogen) atoms. The van der Waals surface area contributed by atoms with Crippen LogP contribution in [0.5, 0.6) is 0 Å². The van der Waals surface area contributed by atoms with Gasteiger partial charge in [0.2, 0.25) is 5.95 Å². The molecule has 1 N–H and O–H groups in total. The lowest BCUT2D eigenvalue weighted by molar-refractivity contribution is 0.0903. The lowest BCUT2D eigenvalue weighted by Gasteiger charge is -2.29. The Bertz CT molecular complexity index is 1210. The Labute approximate surface area is 192 Å². The van der Waals surface area contributed by atoms with E-state index in [1.807, 2.05) is 0 Å². The number of benzene rings is 1. The quantitative estimate of drug-likeness (QED) is 0.621. The lowest BCUT2D eigenvalue weighted by atomic mass is 10.1. The van der Waals surface area contributed by atoms with Gasteiger partial charge in [-0.2, -0.15) is 4.98 Å². The van der Waals surface area contributed by atoms with Crippen LogP contribution in [0, 0.1) is 5.82 Å². The van der Waals surface area contributed by atoms with E-state index in [-0.39, 0.29) is 11.9 Å². The second-order valence-electron chi connectivity index (χ2n) is 8.50. The van der Waals surface area contributed by atoms with E-state index in [4.69, 9.17) is 14.7 Å².